The van der Waals surface area contributed by atoms with Crippen LogP contribution >= 0.6 is 0 Å². The van der Waals surface area contributed by atoms with Crippen LogP contribution in [-0.2, 0) is 0 Å². The number of nitrogens with zero attached hydrogens (tertiary/aromatic N) is 2. The van der Waals surface area contributed by atoms with Crippen molar-refractivity contribution in [1.29, 1.82) is 0 Å². The summed E-state index contributed by atoms with van der Waals surface area (Å²) in [6.07, 6.45) is 4.55. The van der Waals surface area contributed by atoms with Gasteiger partial charge in [-0.05, 0) is 70.0 Å². The van der Waals surface area contributed by atoms with Gasteiger partial charge in [-0.15, -0.1) is 0 Å². The number of rotatable bonds is 2. The van der Waals surface area contributed by atoms with E-state index < -0.39 is 0 Å². The Morgan fingerprint density at radius 3 is 2.57 bits per heavy atom. The molecule has 0 aromatic heterocycles. The molecule has 2 heterocycles. The number of hydrogen-bond acceptors (Lipinski definition) is 2. The van der Waals surface area contributed by atoms with Crippen LogP contribution in [0.3, 0.4) is 0 Å². The molecule has 2 fully saturated rings. The first kappa shape index (κ1) is 14.5. The van der Waals surface area contributed by atoms with E-state index in [2.05, 4.69) is 11.9 Å². The summed E-state index contributed by atoms with van der Waals surface area (Å²) in [7, 11) is 2.15. The van der Waals surface area contributed by atoms with Gasteiger partial charge in [0.25, 0.3) is 5.91 Å². The van der Waals surface area contributed by atoms with Gasteiger partial charge in [0.15, 0.2) is 0 Å². The number of carbonyl (C=O) groups excluding carboxylic acids is 1. The molecular weight excluding hydrogens is 267 g/mol. The monoisotopic (exact) mass is 290 g/mol. The highest BCUT2D eigenvalue weighted by Gasteiger charge is 2.38. The largest absolute Gasteiger partial charge is 0.334 e. The van der Waals surface area contributed by atoms with E-state index in [9.17, 15) is 9.18 Å². The molecule has 3 nitrogen and oxygen atoms in total. The smallest absolute Gasteiger partial charge is 0.254 e. The summed E-state index contributed by atoms with van der Waals surface area (Å²) in [5.41, 5.74) is 1.15. The van der Waals surface area contributed by atoms with Crippen molar-refractivity contribution >= 4 is 5.91 Å². The molecule has 2 unspecified atom stereocenters. The molecule has 1 aromatic carbocycles. The average molecular weight is 290 g/mol. The van der Waals surface area contributed by atoms with E-state index in [1.165, 1.54) is 18.9 Å². The lowest BCUT2D eigenvalue weighted by molar-refractivity contribution is 0.0664. The van der Waals surface area contributed by atoms with Gasteiger partial charge in [-0.2, -0.15) is 0 Å². The summed E-state index contributed by atoms with van der Waals surface area (Å²) in [5, 5.41) is 0. The maximum atomic E-state index is 13.4. The number of halogens is 1. The molecule has 2 aliphatic rings. The fourth-order valence-corrected chi connectivity index (χ4v) is 3.81. The summed E-state index contributed by atoms with van der Waals surface area (Å²) < 4.78 is 13.4. The van der Waals surface area contributed by atoms with E-state index in [1.54, 1.807) is 19.1 Å². The predicted octanol–water partition coefficient (Wildman–Crippen LogP) is 2.83. The Morgan fingerprint density at radius 2 is 1.90 bits per heavy atom. The summed E-state index contributed by atoms with van der Waals surface area (Å²) >= 11 is 0. The molecule has 21 heavy (non-hydrogen) atoms. The van der Waals surface area contributed by atoms with Crippen molar-refractivity contribution in [3.63, 3.8) is 0 Å². The summed E-state index contributed by atoms with van der Waals surface area (Å²) in [4.78, 5) is 17.2. The van der Waals surface area contributed by atoms with Gasteiger partial charge in [0, 0.05) is 24.2 Å². The third-order valence-electron chi connectivity index (χ3n) is 4.99. The zero-order valence-electron chi connectivity index (χ0n) is 12.8. The molecule has 2 saturated heterocycles. The molecule has 0 N–H and O–H groups in total. The quantitative estimate of drug-likeness (QED) is 0.836. The molecule has 2 aliphatic heterocycles. The van der Waals surface area contributed by atoms with Gasteiger partial charge in [-0.3, -0.25) is 4.79 Å². The van der Waals surface area contributed by atoms with Crippen LogP contribution in [-0.4, -0.2) is 47.9 Å². The van der Waals surface area contributed by atoms with Crippen LogP contribution < -0.4 is 0 Å². The fraction of sp³-hybridized carbons (Fsp3) is 0.588. The number of aryl methyl sites for hydroxylation is 1. The van der Waals surface area contributed by atoms with Gasteiger partial charge in [-0.1, -0.05) is 0 Å². The lowest BCUT2D eigenvalue weighted by Gasteiger charge is -2.33. The minimum absolute atomic E-state index is 0.0564. The van der Waals surface area contributed by atoms with Crippen LogP contribution in [0.5, 0.6) is 0 Å². The number of carbonyl (C=O) groups is 1. The van der Waals surface area contributed by atoms with Gasteiger partial charge >= 0.3 is 0 Å². The molecule has 0 aliphatic carbocycles. The van der Waals surface area contributed by atoms with Crippen LogP contribution in [0.4, 0.5) is 4.39 Å². The van der Waals surface area contributed by atoms with E-state index in [4.69, 9.17) is 0 Å². The van der Waals surface area contributed by atoms with Gasteiger partial charge in [0.05, 0.1) is 0 Å². The molecule has 0 radical (unpaired) electrons. The van der Waals surface area contributed by atoms with Crippen LogP contribution in [0.2, 0.25) is 0 Å². The lowest BCUT2D eigenvalue weighted by Crippen LogP contribution is -2.47. The Bertz CT molecular complexity index is 546. The van der Waals surface area contributed by atoms with Crippen molar-refractivity contribution in [3.8, 4) is 0 Å². The second-order valence-electron chi connectivity index (χ2n) is 6.36. The molecule has 1 aromatic rings. The minimum Gasteiger partial charge on any atom is -0.334 e. The Kier molecular flexibility index (Phi) is 3.98. The zero-order valence-corrected chi connectivity index (χ0v) is 12.8. The number of amides is 1. The Labute approximate surface area is 125 Å². The van der Waals surface area contributed by atoms with Crippen molar-refractivity contribution in [2.45, 2.75) is 44.7 Å². The molecule has 4 heteroatoms. The van der Waals surface area contributed by atoms with Crippen molar-refractivity contribution < 1.29 is 9.18 Å². The van der Waals surface area contributed by atoms with Crippen molar-refractivity contribution in [2.75, 3.05) is 20.1 Å². The van der Waals surface area contributed by atoms with Crippen molar-refractivity contribution in [2.24, 2.45) is 0 Å². The van der Waals surface area contributed by atoms with E-state index in [0.29, 0.717) is 23.2 Å². The molecule has 0 spiro atoms. The van der Waals surface area contributed by atoms with Crippen LogP contribution in [0.15, 0.2) is 18.2 Å². The van der Waals surface area contributed by atoms with E-state index >= 15 is 0 Å². The maximum absolute atomic E-state index is 13.4. The van der Waals surface area contributed by atoms with E-state index in [0.717, 1.165) is 25.9 Å². The maximum Gasteiger partial charge on any atom is 0.254 e. The van der Waals surface area contributed by atoms with Crippen molar-refractivity contribution in [1.82, 2.24) is 9.80 Å². The summed E-state index contributed by atoms with van der Waals surface area (Å²) in [6, 6.07) is 5.48. The highest BCUT2D eigenvalue weighted by molar-refractivity contribution is 5.94. The Hall–Kier alpha value is -1.42. The molecule has 0 bridgehead atoms. The molecule has 0 saturated carbocycles. The van der Waals surface area contributed by atoms with Crippen LogP contribution in [0.1, 0.15) is 41.6 Å². The van der Waals surface area contributed by atoms with Crippen LogP contribution in [0.25, 0.3) is 0 Å². The van der Waals surface area contributed by atoms with E-state index in [-0.39, 0.29) is 11.7 Å². The predicted molar refractivity (Wildman–Crippen MR) is 80.8 cm³/mol. The zero-order chi connectivity index (χ0) is 15.0. The van der Waals surface area contributed by atoms with Crippen molar-refractivity contribution in [3.05, 3.63) is 35.1 Å². The standard InChI is InChI=1S/C17H23FN2O/c1-12-11-13(7-8-14(12)18)17(21)20-10-4-6-16(20)15-5-3-9-19(15)2/h7-8,11,15-16H,3-6,9-10H2,1-2H3. The van der Waals surface area contributed by atoms with Gasteiger partial charge in [-0.25, -0.2) is 4.39 Å². The van der Waals surface area contributed by atoms with Gasteiger partial charge in [0.1, 0.15) is 5.82 Å². The average Bonchev–Trinajstić information content (AvgIpc) is 3.09. The molecular formula is C17H23FN2O. The third-order valence-corrected chi connectivity index (χ3v) is 4.99. The molecule has 2 atom stereocenters. The first-order valence-electron chi connectivity index (χ1n) is 7.85. The first-order valence-corrected chi connectivity index (χ1v) is 7.85. The SMILES string of the molecule is Cc1cc(C(=O)N2CCCC2C2CCCN2C)ccc1F. The van der Waals surface area contributed by atoms with E-state index in [1.807, 2.05) is 4.90 Å². The normalized spacial score (nSPS) is 26.5. The number of benzene rings is 1. The fourth-order valence-electron chi connectivity index (χ4n) is 3.81. The second-order valence-corrected chi connectivity index (χ2v) is 6.36. The molecule has 3 rings (SSSR count). The van der Waals surface area contributed by atoms with Gasteiger partial charge in [0.2, 0.25) is 0 Å². The van der Waals surface area contributed by atoms with Gasteiger partial charge < -0.3 is 9.80 Å². The molecule has 114 valence electrons. The number of likely N-dealkylation sites (tertiary alicyclic amines) is 2. The summed E-state index contributed by atoms with van der Waals surface area (Å²) in [6.45, 7) is 3.65. The second kappa shape index (κ2) is 5.76. The van der Waals surface area contributed by atoms with Crippen LogP contribution in [0, 0.1) is 12.7 Å². The topological polar surface area (TPSA) is 23.6 Å². The highest BCUT2D eigenvalue weighted by atomic mass is 19.1. The Balaban J connectivity index is 1.81. The highest BCUT2D eigenvalue weighted by Crippen LogP contribution is 2.30. The Morgan fingerprint density at radius 1 is 1.19 bits per heavy atom. The summed E-state index contributed by atoms with van der Waals surface area (Å²) in [5.74, 6) is -0.194. The number of hydrogen-bond donors (Lipinski definition) is 0. The first-order chi connectivity index (χ1) is 10.1. The molecule has 1 amide bonds. The third kappa shape index (κ3) is 2.69. The minimum atomic E-state index is -0.250. The lowest BCUT2D eigenvalue weighted by atomic mass is 10.0. The number of likely N-dealkylation sites (N-methyl/N-ethyl adjacent to an activating group) is 1.